The Bertz CT molecular complexity index is 624. The lowest BCUT2D eigenvalue weighted by Gasteiger charge is -2.36. The molecule has 0 N–H and O–H groups in total. The molecule has 2 saturated heterocycles. The second-order valence-electron chi connectivity index (χ2n) is 7.72. The van der Waals surface area contributed by atoms with Crippen LogP contribution >= 0.6 is 0 Å². The summed E-state index contributed by atoms with van der Waals surface area (Å²) in [5, 5.41) is 0. The average Bonchev–Trinajstić information content (AvgIpc) is 2.77. The summed E-state index contributed by atoms with van der Waals surface area (Å²) in [4.78, 5) is 34.7. The van der Waals surface area contributed by atoms with Crippen molar-refractivity contribution < 1.29 is 14.3 Å². The number of hydrogen-bond acceptors (Lipinski definition) is 6. The zero-order valence-corrected chi connectivity index (χ0v) is 16.9. The Hall–Kier alpha value is -2.15. The molecule has 0 saturated carbocycles. The lowest BCUT2D eigenvalue weighted by Crippen LogP contribution is -2.47. The predicted molar refractivity (Wildman–Crippen MR) is 108 cm³/mol. The van der Waals surface area contributed by atoms with Crippen LogP contribution < -0.4 is 4.90 Å². The number of piperidine rings is 1. The Balaban J connectivity index is 1.32. The molecule has 2 aliphatic rings. The molecule has 0 aliphatic carbocycles. The fraction of sp³-hybridized carbons (Fsp3) is 0.667. The first-order chi connectivity index (χ1) is 13.7. The van der Waals surface area contributed by atoms with Crippen molar-refractivity contribution in [3.8, 4) is 0 Å². The zero-order valence-electron chi connectivity index (χ0n) is 16.9. The highest BCUT2D eigenvalue weighted by molar-refractivity contribution is 5.76. The van der Waals surface area contributed by atoms with Gasteiger partial charge in [0.15, 0.2) is 0 Å². The van der Waals surface area contributed by atoms with Crippen LogP contribution in [0.25, 0.3) is 0 Å². The van der Waals surface area contributed by atoms with E-state index in [1.165, 1.54) is 12.8 Å². The van der Waals surface area contributed by atoms with Gasteiger partial charge < -0.3 is 14.5 Å². The van der Waals surface area contributed by atoms with E-state index in [0.717, 1.165) is 65.1 Å². The summed E-state index contributed by atoms with van der Waals surface area (Å²) in [7, 11) is 1.43. The van der Waals surface area contributed by atoms with Crippen LogP contribution in [0.4, 0.5) is 5.69 Å². The second kappa shape index (κ2) is 10.4. The summed E-state index contributed by atoms with van der Waals surface area (Å²) in [5.74, 6) is 0.662. The van der Waals surface area contributed by atoms with Crippen molar-refractivity contribution in [3.63, 3.8) is 0 Å². The summed E-state index contributed by atoms with van der Waals surface area (Å²) in [6, 6.07) is 4.10. The summed E-state index contributed by atoms with van der Waals surface area (Å²) in [5.41, 5.74) is 1.22. The summed E-state index contributed by atoms with van der Waals surface area (Å²) >= 11 is 0. The normalized spacial score (nSPS) is 18.9. The molecule has 3 rings (SSSR count). The minimum atomic E-state index is -0.137. The first kappa shape index (κ1) is 20.6. The third-order valence-corrected chi connectivity index (χ3v) is 5.99. The van der Waals surface area contributed by atoms with Crippen molar-refractivity contribution in [1.82, 2.24) is 14.8 Å². The van der Waals surface area contributed by atoms with E-state index in [-0.39, 0.29) is 11.9 Å². The van der Waals surface area contributed by atoms with Crippen LogP contribution in [-0.2, 0) is 14.3 Å². The fourth-order valence-corrected chi connectivity index (χ4v) is 4.09. The van der Waals surface area contributed by atoms with Gasteiger partial charge in [-0.2, -0.15) is 0 Å². The number of aromatic nitrogens is 1. The maximum absolute atomic E-state index is 12.6. The van der Waals surface area contributed by atoms with Crippen LogP contribution in [0.15, 0.2) is 24.5 Å². The minimum Gasteiger partial charge on any atom is -0.469 e. The number of rotatable bonds is 7. The van der Waals surface area contributed by atoms with E-state index >= 15 is 0 Å². The molecule has 0 unspecified atom stereocenters. The van der Waals surface area contributed by atoms with Gasteiger partial charge in [0.2, 0.25) is 5.91 Å². The SMILES string of the molecule is COC(=O)CCC1CCN(C(=O)CCN2CCN(c3ccncc3)CC2)CC1. The molecule has 1 amide bonds. The molecule has 28 heavy (non-hydrogen) atoms. The number of amides is 1. The third kappa shape index (κ3) is 5.92. The smallest absolute Gasteiger partial charge is 0.305 e. The van der Waals surface area contributed by atoms with E-state index in [4.69, 9.17) is 4.74 Å². The highest BCUT2D eigenvalue weighted by Crippen LogP contribution is 2.22. The maximum atomic E-state index is 12.6. The van der Waals surface area contributed by atoms with E-state index in [9.17, 15) is 9.59 Å². The number of ether oxygens (including phenoxy) is 1. The largest absolute Gasteiger partial charge is 0.469 e. The van der Waals surface area contributed by atoms with Crippen LogP contribution in [0, 0.1) is 5.92 Å². The molecule has 0 bridgehead atoms. The first-order valence-electron chi connectivity index (χ1n) is 10.4. The Morgan fingerprint density at radius 2 is 1.71 bits per heavy atom. The van der Waals surface area contributed by atoms with Crippen molar-refractivity contribution in [1.29, 1.82) is 0 Å². The van der Waals surface area contributed by atoms with Gasteiger partial charge >= 0.3 is 5.97 Å². The molecule has 2 fully saturated rings. The molecule has 154 valence electrons. The molecule has 7 heteroatoms. The summed E-state index contributed by atoms with van der Waals surface area (Å²) in [6.45, 7) is 6.44. The van der Waals surface area contributed by atoms with Crippen molar-refractivity contribution in [2.24, 2.45) is 5.92 Å². The van der Waals surface area contributed by atoms with E-state index in [1.54, 1.807) is 0 Å². The number of esters is 1. The number of carbonyl (C=O) groups is 2. The van der Waals surface area contributed by atoms with Crippen LogP contribution in [-0.4, -0.2) is 79.6 Å². The highest BCUT2D eigenvalue weighted by atomic mass is 16.5. The number of piperazine rings is 1. The lowest BCUT2D eigenvalue weighted by atomic mass is 9.92. The van der Waals surface area contributed by atoms with Crippen molar-refractivity contribution in [2.75, 3.05) is 57.8 Å². The molecule has 0 aromatic carbocycles. The van der Waals surface area contributed by atoms with E-state index in [1.807, 2.05) is 29.4 Å². The molecule has 2 aliphatic heterocycles. The van der Waals surface area contributed by atoms with Gasteiger partial charge in [0.25, 0.3) is 0 Å². The Morgan fingerprint density at radius 3 is 2.36 bits per heavy atom. The van der Waals surface area contributed by atoms with Crippen LogP contribution in [0.5, 0.6) is 0 Å². The van der Waals surface area contributed by atoms with E-state index in [2.05, 4.69) is 14.8 Å². The molecule has 1 aromatic rings. The molecular formula is C21H32N4O3. The van der Waals surface area contributed by atoms with Crippen molar-refractivity contribution in [2.45, 2.75) is 32.1 Å². The average molecular weight is 389 g/mol. The predicted octanol–water partition coefficient (Wildman–Crippen LogP) is 1.79. The summed E-state index contributed by atoms with van der Waals surface area (Å²) in [6.07, 6.45) is 7.61. The van der Waals surface area contributed by atoms with Gasteiger partial charge in [-0.25, -0.2) is 0 Å². The standard InChI is InChI=1S/C21H32N4O3/c1-28-21(27)3-2-18-6-12-25(13-7-18)20(26)8-11-23-14-16-24(17-15-23)19-4-9-22-10-5-19/h4-5,9-10,18H,2-3,6-8,11-17H2,1H3. The Kier molecular flexibility index (Phi) is 7.65. The number of likely N-dealkylation sites (tertiary alicyclic amines) is 1. The molecule has 7 nitrogen and oxygen atoms in total. The molecule has 1 aromatic heterocycles. The molecular weight excluding hydrogens is 356 g/mol. The second-order valence-corrected chi connectivity index (χ2v) is 7.72. The Labute approximate surface area is 167 Å². The topological polar surface area (TPSA) is 66.0 Å². The van der Waals surface area contributed by atoms with Crippen LogP contribution in [0.1, 0.15) is 32.1 Å². The summed E-state index contributed by atoms with van der Waals surface area (Å²) < 4.78 is 4.71. The van der Waals surface area contributed by atoms with Gasteiger partial charge in [-0.1, -0.05) is 0 Å². The van der Waals surface area contributed by atoms with Crippen LogP contribution in [0.3, 0.4) is 0 Å². The molecule has 0 atom stereocenters. The molecule has 3 heterocycles. The van der Waals surface area contributed by atoms with Crippen molar-refractivity contribution in [3.05, 3.63) is 24.5 Å². The number of nitrogens with zero attached hydrogens (tertiary/aromatic N) is 4. The number of pyridine rings is 1. The van der Waals surface area contributed by atoms with Gasteiger partial charge in [0.1, 0.15) is 0 Å². The first-order valence-corrected chi connectivity index (χ1v) is 10.4. The number of anilines is 1. The fourth-order valence-electron chi connectivity index (χ4n) is 4.09. The van der Waals surface area contributed by atoms with E-state index in [0.29, 0.717) is 18.8 Å². The van der Waals surface area contributed by atoms with Gasteiger partial charge in [-0.3, -0.25) is 19.5 Å². The quantitative estimate of drug-likeness (QED) is 0.664. The highest BCUT2D eigenvalue weighted by Gasteiger charge is 2.24. The van der Waals surface area contributed by atoms with Gasteiger partial charge in [0.05, 0.1) is 7.11 Å². The third-order valence-electron chi connectivity index (χ3n) is 5.99. The maximum Gasteiger partial charge on any atom is 0.305 e. The number of carbonyl (C=O) groups excluding carboxylic acids is 2. The number of methoxy groups -OCH3 is 1. The van der Waals surface area contributed by atoms with Gasteiger partial charge in [-0.15, -0.1) is 0 Å². The zero-order chi connectivity index (χ0) is 19.8. The van der Waals surface area contributed by atoms with Crippen molar-refractivity contribution >= 4 is 17.6 Å². The van der Waals surface area contributed by atoms with E-state index < -0.39 is 0 Å². The van der Waals surface area contributed by atoms with Gasteiger partial charge in [0, 0.05) is 76.7 Å². The molecule has 0 radical (unpaired) electrons. The molecule has 0 spiro atoms. The lowest BCUT2D eigenvalue weighted by molar-refractivity contribution is -0.141. The monoisotopic (exact) mass is 388 g/mol. The van der Waals surface area contributed by atoms with Gasteiger partial charge in [-0.05, 0) is 37.3 Å². The number of hydrogen-bond donors (Lipinski definition) is 0. The van der Waals surface area contributed by atoms with Crippen LogP contribution in [0.2, 0.25) is 0 Å². The Morgan fingerprint density at radius 1 is 1.04 bits per heavy atom. The minimum absolute atomic E-state index is 0.137.